The molecule has 0 atom stereocenters. The number of rotatable bonds is 8. The zero-order valence-corrected chi connectivity index (χ0v) is 20.2. The summed E-state index contributed by atoms with van der Waals surface area (Å²) in [5.41, 5.74) is 5.46. The first kappa shape index (κ1) is 25.0. The van der Waals surface area contributed by atoms with Gasteiger partial charge in [0.2, 0.25) is 0 Å². The standard InChI is InChI=1S/C26H33F3O2S/c1-5-18-14-17(13-16(2)19(18)7-6-12-30)8-9-22(31)23-20-10-11-25(3,4)15-21(20)24(32-23)26(27,28)29/h13-14,30H,5-12,15H2,1-4H3. The van der Waals surface area contributed by atoms with Crippen molar-refractivity contribution in [1.82, 2.24) is 0 Å². The number of aliphatic hydroxyl groups excluding tert-OH is 1. The molecule has 176 valence electrons. The Morgan fingerprint density at radius 3 is 2.53 bits per heavy atom. The molecule has 1 aliphatic rings. The van der Waals surface area contributed by atoms with Crippen LogP contribution < -0.4 is 0 Å². The van der Waals surface area contributed by atoms with Gasteiger partial charge in [0.1, 0.15) is 4.88 Å². The summed E-state index contributed by atoms with van der Waals surface area (Å²) in [5, 5.41) is 9.15. The van der Waals surface area contributed by atoms with Crippen molar-refractivity contribution in [2.45, 2.75) is 85.2 Å². The minimum atomic E-state index is -4.42. The van der Waals surface area contributed by atoms with Crippen molar-refractivity contribution >= 4 is 17.1 Å². The lowest BCUT2D eigenvalue weighted by Gasteiger charge is -2.30. The van der Waals surface area contributed by atoms with Crippen molar-refractivity contribution in [2.24, 2.45) is 5.41 Å². The lowest BCUT2D eigenvalue weighted by atomic mass is 9.74. The van der Waals surface area contributed by atoms with E-state index >= 15 is 0 Å². The zero-order chi connectivity index (χ0) is 23.7. The van der Waals surface area contributed by atoms with Gasteiger partial charge in [-0.25, -0.2) is 0 Å². The quantitative estimate of drug-likeness (QED) is 0.430. The van der Waals surface area contributed by atoms with Crippen molar-refractivity contribution in [1.29, 1.82) is 0 Å². The summed E-state index contributed by atoms with van der Waals surface area (Å²) in [7, 11) is 0. The highest BCUT2D eigenvalue weighted by atomic mass is 32.1. The number of carbonyl (C=O) groups is 1. The number of alkyl halides is 3. The summed E-state index contributed by atoms with van der Waals surface area (Å²) in [6.07, 6.45) is 0.423. The van der Waals surface area contributed by atoms with E-state index in [1.807, 2.05) is 20.8 Å². The molecule has 0 unspecified atom stereocenters. The first-order valence-electron chi connectivity index (χ1n) is 11.4. The predicted molar refractivity (Wildman–Crippen MR) is 124 cm³/mol. The monoisotopic (exact) mass is 466 g/mol. The number of fused-ring (bicyclic) bond motifs is 1. The van der Waals surface area contributed by atoms with Crippen LogP contribution in [0.3, 0.4) is 0 Å². The van der Waals surface area contributed by atoms with Crippen molar-refractivity contribution in [3.8, 4) is 0 Å². The molecule has 0 saturated heterocycles. The molecule has 0 bridgehead atoms. The van der Waals surface area contributed by atoms with Gasteiger partial charge in [-0.3, -0.25) is 4.79 Å². The Hall–Kier alpha value is -1.66. The number of hydrogen-bond acceptors (Lipinski definition) is 3. The van der Waals surface area contributed by atoms with Gasteiger partial charge in [0.15, 0.2) is 5.78 Å². The molecule has 1 aromatic heterocycles. The molecule has 6 heteroatoms. The van der Waals surface area contributed by atoms with Crippen LogP contribution in [0.25, 0.3) is 0 Å². The molecule has 0 radical (unpaired) electrons. The Morgan fingerprint density at radius 2 is 1.91 bits per heavy atom. The normalized spacial score (nSPS) is 15.6. The second kappa shape index (κ2) is 9.68. The summed E-state index contributed by atoms with van der Waals surface area (Å²) < 4.78 is 41.1. The summed E-state index contributed by atoms with van der Waals surface area (Å²) in [4.78, 5) is 12.8. The Kier molecular flexibility index (Phi) is 7.55. The summed E-state index contributed by atoms with van der Waals surface area (Å²) in [6.45, 7) is 8.27. The van der Waals surface area contributed by atoms with E-state index in [2.05, 4.69) is 19.1 Å². The third kappa shape index (κ3) is 5.45. The Balaban J connectivity index is 1.83. The van der Waals surface area contributed by atoms with E-state index in [-0.39, 0.29) is 24.2 Å². The minimum absolute atomic E-state index is 0.154. The van der Waals surface area contributed by atoms with Crippen molar-refractivity contribution in [3.05, 3.63) is 55.3 Å². The van der Waals surface area contributed by atoms with Crippen LogP contribution in [0.15, 0.2) is 12.1 Å². The van der Waals surface area contributed by atoms with E-state index < -0.39 is 11.1 Å². The second-order valence-electron chi connectivity index (χ2n) is 9.71. The first-order chi connectivity index (χ1) is 15.0. The molecule has 1 heterocycles. The molecule has 0 fully saturated rings. The molecule has 0 spiro atoms. The van der Waals surface area contributed by atoms with Gasteiger partial charge < -0.3 is 5.11 Å². The number of benzene rings is 1. The van der Waals surface area contributed by atoms with Crippen LogP contribution in [0.2, 0.25) is 0 Å². The number of aliphatic hydroxyl groups is 1. The molecule has 3 rings (SSSR count). The molecule has 0 aliphatic heterocycles. The molecule has 2 aromatic rings. The maximum Gasteiger partial charge on any atom is 0.425 e. The Morgan fingerprint density at radius 1 is 1.19 bits per heavy atom. The number of Topliss-reactive ketones (excluding diaryl/α,β-unsaturated/α-hetero) is 1. The molecule has 1 N–H and O–H groups in total. The van der Waals surface area contributed by atoms with E-state index in [9.17, 15) is 18.0 Å². The van der Waals surface area contributed by atoms with Crippen LogP contribution in [-0.4, -0.2) is 17.5 Å². The van der Waals surface area contributed by atoms with E-state index in [0.29, 0.717) is 53.0 Å². The lowest BCUT2D eigenvalue weighted by Crippen LogP contribution is -2.24. The van der Waals surface area contributed by atoms with Gasteiger partial charge in [0, 0.05) is 13.0 Å². The van der Waals surface area contributed by atoms with Crippen LogP contribution >= 0.6 is 11.3 Å². The van der Waals surface area contributed by atoms with Gasteiger partial charge in [-0.1, -0.05) is 32.9 Å². The lowest BCUT2D eigenvalue weighted by molar-refractivity contribution is -0.135. The largest absolute Gasteiger partial charge is 0.425 e. The number of ketones is 1. The zero-order valence-electron chi connectivity index (χ0n) is 19.4. The molecule has 0 amide bonds. The predicted octanol–water partition coefficient (Wildman–Crippen LogP) is 6.89. The highest BCUT2D eigenvalue weighted by Crippen LogP contribution is 2.47. The SMILES string of the molecule is CCc1cc(CCC(=O)c2sc(C(F)(F)F)c3c2CCC(C)(C)C3)cc(C)c1CCCO. The molecule has 1 aliphatic carbocycles. The summed E-state index contributed by atoms with van der Waals surface area (Å²) >= 11 is 0.650. The average Bonchev–Trinajstić information content (AvgIpc) is 3.08. The van der Waals surface area contributed by atoms with Crippen LogP contribution in [0.5, 0.6) is 0 Å². The number of aryl methyl sites for hydroxylation is 3. The van der Waals surface area contributed by atoms with E-state index in [0.717, 1.165) is 30.4 Å². The van der Waals surface area contributed by atoms with Crippen LogP contribution in [-0.2, 0) is 38.3 Å². The van der Waals surface area contributed by atoms with E-state index in [1.165, 1.54) is 11.1 Å². The smallest absolute Gasteiger partial charge is 0.396 e. The van der Waals surface area contributed by atoms with Crippen LogP contribution in [0, 0.1) is 12.3 Å². The van der Waals surface area contributed by atoms with Crippen molar-refractivity contribution in [3.63, 3.8) is 0 Å². The fraction of sp³-hybridized carbons (Fsp3) is 0.577. The van der Waals surface area contributed by atoms with Gasteiger partial charge in [0.25, 0.3) is 0 Å². The maximum atomic E-state index is 13.7. The summed E-state index contributed by atoms with van der Waals surface area (Å²) in [6, 6.07) is 4.19. The molecular formula is C26H33F3O2S. The third-order valence-electron chi connectivity index (χ3n) is 6.57. The highest BCUT2D eigenvalue weighted by Gasteiger charge is 2.42. The molecule has 1 aromatic carbocycles. The Bertz CT molecular complexity index is 986. The van der Waals surface area contributed by atoms with Gasteiger partial charge in [-0.15, -0.1) is 11.3 Å². The molecule has 2 nitrogen and oxygen atoms in total. The highest BCUT2D eigenvalue weighted by molar-refractivity contribution is 7.14. The van der Waals surface area contributed by atoms with Crippen molar-refractivity contribution < 1.29 is 23.1 Å². The minimum Gasteiger partial charge on any atom is -0.396 e. The second-order valence-corrected chi connectivity index (χ2v) is 10.7. The average molecular weight is 467 g/mol. The van der Waals surface area contributed by atoms with Crippen molar-refractivity contribution in [2.75, 3.05) is 6.61 Å². The molecule has 32 heavy (non-hydrogen) atoms. The number of carbonyl (C=O) groups excluding carboxylic acids is 1. The molecular weight excluding hydrogens is 433 g/mol. The summed E-state index contributed by atoms with van der Waals surface area (Å²) in [5.74, 6) is -0.179. The van der Waals surface area contributed by atoms with Gasteiger partial charge in [-0.05, 0) is 90.7 Å². The maximum absolute atomic E-state index is 13.7. The number of halogens is 3. The van der Waals surface area contributed by atoms with Crippen LogP contribution in [0.4, 0.5) is 13.2 Å². The van der Waals surface area contributed by atoms with Gasteiger partial charge in [-0.2, -0.15) is 13.2 Å². The number of hydrogen-bond donors (Lipinski definition) is 1. The molecule has 0 saturated carbocycles. The van der Waals surface area contributed by atoms with Gasteiger partial charge >= 0.3 is 6.18 Å². The first-order valence-corrected chi connectivity index (χ1v) is 12.3. The topological polar surface area (TPSA) is 37.3 Å². The van der Waals surface area contributed by atoms with Crippen LogP contribution in [0.1, 0.15) is 88.0 Å². The fourth-order valence-corrected chi connectivity index (χ4v) is 6.05. The van der Waals surface area contributed by atoms with E-state index in [1.54, 1.807) is 0 Å². The van der Waals surface area contributed by atoms with E-state index in [4.69, 9.17) is 5.11 Å². The Labute approximate surface area is 192 Å². The van der Waals surface area contributed by atoms with Gasteiger partial charge in [0.05, 0.1) is 4.88 Å². The fourth-order valence-electron chi connectivity index (χ4n) is 4.85. The number of thiophene rings is 1. The third-order valence-corrected chi connectivity index (χ3v) is 7.93.